The van der Waals surface area contributed by atoms with E-state index >= 15 is 0 Å². The molecule has 18 heavy (non-hydrogen) atoms. The number of benzene rings is 1. The van der Waals surface area contributed by atoms with Crippen LogP contribution in [0.4, 0.5) is 0 Å². The van der Waals surface area contributed by atoms with Gasteiger partial charge in [-0.3, -0.25) is 9.59 Å². The SMILES string of the molecule is CC(NC(=O)C1CCC(=O)NC1)c1ccccc1. The highest BCUT2D eigenvalue weighted by Gasteiger charge is 2.25. The fraction of sp³-hybridized carbons (Fsp3) is 0.429. The summed E-state index contributed by atoms with van der Waals surface area (Å²) in [4.78, 5) is 23.1. The topological polar surface area (TPSA) is 58.2 Å². The van der Waals surface area contributed by atoms with Gasteiger partial charge in [-0.1, -0.05) is 30.3 Å². The van der Waals surface area contributed by atoms with Crippen molar-refractivity contribution in [3.63, 3.8) is 0 Å². The van der Waals surface area contributed by atoms with Crippen molar-refractivity contribution in [1.82, 2.24) is 10.6 Å². The van der Waals surface area contributed by atoms with E-state index in [4.69, 9.17) is 0 Å². The molecule has 4 heteroatoms. The standard InChI is InChI=1S/C14H18N2O2/c1-10(11-5-3-2-4-6-11)16-14(18)12-7-8-13(17)15-9-12/h2-6,10,12H,7-9H2,1H3,(H,15,17)(H,16,18). The van der Waals surface area contributed by atoms with Crippen LogP contribution in [-0.2, 0) is 9.59 Å². The van der Waals surface area contributed by atoms with Crippen LogP contribution in [0.5, 0.6) is 0 Å². The molecule has 0 aliphatic carbocycles. The molecule has 0 radical (unpaired) electrons. The highest BCUT2D eigenvalue weighted by Crippen LogP contribution is 2.15. The van der Waals surface area contributed by atoms with E-state index in [-0.39, 0.29) is 23.8 Å². The van der Waals surface area contributed by atoms with E-state index in [1.165, 1.54) is 0 Å². The largest absolute Gasteiger partial charge is 0.355 e. The average molecular weight is 246 g/mol. The third-order valence-electron chi connectivity index (χ3n) is 3.29. The van der Waals surface area contributed by atoms with E-state index in [1.807, 2.05) is 37.3 Å². The average Bonchev–Trinajstić information content (AvgIpc) is 2.40. The Morgan fingerprint density at radius 2 is 2.11 bits per heavy atom. The molecule has 2 unspecified atom stereocenters. The Balaban J connectivity index is 1.89. The summed E-state index contributed by atoms with van der Waals surface area (Å²) in [6.07, 6.45) is 1.08. The molecule has 2 amide bonds. The Labute approximate surface area is 107 Å². The third-order valence-corrected chi connectivity index (χ3v) is 3.29. The Bertz CT molecular complexity index is 421. The Hall–Kier alpha value is -1.84. The van der Waals surface area contributed by atoms with Crippen LogP contribution in [-0.4, -0.2) is 18.4 Å². The summed E-state index contributed by atoms with van der Waals surface area (Å²) in [5, 5.41) is 5.72. The van der Waals surface area contributed by atoms with Crippen molar-refractivity contribution >= 4 is 11.8 Å². The lowest BCUT2D eigenvalue weighted by atomic mass is 9.97. The van der Waals surface area contributed by atoms with Crippen LogP contribution in [0, 0.1) is 5.92 Å². The van der Waals surface area contributed by atoms with Crippen molar-refractivity contribution < 1.29 is 9.59 Å². The predicted molar refractivity (Wildman–Crippen MR) is 68.7 cm³/mol. The van der Waals surface area contributed by atoms with E-state index in [9.17, 15) is 9.59 Å². The quantitative estimate of drug-likeness (QED) is 0.846. The second-order valence-corrected chi connectivity index (χ2v) is 4.68. The molecular formula is C14H18N2O2. The minimum absolute atomic E-state index is 0.00340. The Kier molecular flexibility index (Phi) is 3.97. The van der Waals surface area contributed by atoms with Crippen LogP contribution in [0.2, 0.25) is 0 Å². The van der Waals surface area contributed by atoms with E-state index in [1.54, 1.807) is 0 Å². The monoisotopic (exact) mass is 246 g/mol. The summed E-state index contributed by atoms with van der Waals surface area (Å²) in [6.45, 7) is 2.42. The summed E-state index contributed by atoms with van der Waals surface area (Å²) in [5.74, 6) is -0.0460. The van der Waals surface area contributed by atoms with Crippen LogP contribution in [0.15, 0.2) is 30.3 Å². The fourth-order valence-electron chi connectivity index (χ4n) is 2.11. The molecule has 1 aromatic carbocycles. The minimum Gasteiger partial charge on any atom is -0.355 e. The molecule has 1 saturated heterocycles. The molecule has 0 spiro atoms. The zero-order chi connectivity index (χ0) is 13.0. The molecule has 2 rings (SSSR count). The normalized spacial score (nSPS) is 20.9. The van der Waals surface area contributed by atoms with Gasteiger partial charge in [0.15, 0.2) is 0 Å². The molecule has 2 N–H and O–H groups in total. The summed E-state index contributed by atoms with van der Waals surface area (Å²) >= 11 is 0. The number of hydrogen-bond acceptors (Lipinski definition) is 2. The molecule has 4 nitrogen and oxygen atoms in total. The summed E-state index contributed by atoms with van der Waals surface area (Å²) < 4.78 is 0. The molecule has 1 aliphatic heterocycles. The number of rotatable bonds is 3. The molecule has 0 bridgehead atoms. The van der Waals surface area contributed by atoms with Crippen LogP contribution in [0.1, 0.15) is 31.4 Å². The molecule has 0 saturated carbocycles. The van der Waals surface area contributed by atoms with Gasteiger partial charge in [0.2, 0.25) is 11.8 Å². The van der Waals surface area contributed by atoms with Crippen molar-refractivity contribution in [2.75, 3.05) is 6.54 Å². The van der Waals surface area contributed by atoms with Crippen molar-refractivity contribution in [2.45, 2.75) is 25.8 Å². The minimum atomic E-state index is -0.103. The van der Waals surface area contributed by atoms with Gasteiger partial charge in [-0.2, -0.15) is 0 Å². The Morgan fingerprint density at radius 3 is 2.72 bits per heavy atom. The third kappa shape index (κ3) is 3.09. The number of hydrogen-bond donors (Lipinski definition) is 2. The lowest BCUT2D eigenvalue weighted by Crippen LogP contribution is -2.43. The summed E-state index contributed by atoms with van der Waals surface area (Å²) in [7, 11) is 0. The highest BCUT2D eigenvalue weighted by molar-refractivity contribution is 5.83. The van der Waals surface area contributed by atoms with Gasteiger partial charge in [0.1, 0.15) is 0 Å². The van der Waals surface area contributed by atoms with E-state index in [0.717, 1.165) is 5.56 Å². The second kappa shape index (κ2) is 5.67. The first-order valence-corrected chi connectivity index (χ1v) is 6.29. The zero-order valence-electron chi connectivity index (χ0n) is 10.5. The van der Waals surface area contributed by atoms with Crippen LogP contribution in [0.3, 0.4) is 0 Å². The number of piperidine rings is 1. The van der Waals surface area contributed by atoms with Crippen LogP contribution >= 0.6 is 0 Å². The molecule has 2 atom stereocenters. The van der Waals surface area contributed by atoms with Gasteiger partial charge in [-0.25, -0.2) is 0 Å². The van der Waals surface area contributed by atoms with Gasteiger partial charge in [-0.15, -0.1) is 0 Å². The molecule has 0 aromatic heterocycles. The molecule has 1 aliphatic rings. The smallest absolute Gasteiger partial charge is 0.225 e. The maximum Gasteiger partial charge on any atom is 0.225 e. The molecule has 1 heterocycles. The first-order chi connectivity index (χ1) is 8.66. The fourth-order valence-corrected chi connectivity index (χ4v) is 2.11. The molecule has 1 aromatic rings. The van der Waals surface area contributed by atoms with E-state index in [2.05, 4.69) is 10.6 Å². The van der Waals surface area contributed by atoms with Crippen molar-refractivity contribution in [1.29, 1.82) is 0 Å². The lowest BCUT2D eigenvalue weighted by Gasteiger charge is -2.23. The van der Waals surface area contributed by atoms with Gasteiger partial charge in [0.05, 0.1) is 12.0 Å². The number of carbonyl (C=O) groups excluding carboxylic acids is 2. The van der Waals surface area contributed by atoms with Crippen LogP contribution in [0.25, 0.3) is 0 Å². The van der Waals surface area contributed by atoms with Gasteiger partial charge in [-0.05, 0) is 18.9 Å². The maximum atomic E-state index is 12.0. The first-order valence-electron chi connectivity index (χ1n) is 6.29. The summed E-state index contributed by atoms with van der Waals surface area (Å²) in [6, 6.07) is 9.85. The van der Waals surface area contributed by atoms with Crippen molar-refractivity contribution in [3.05, 3.63) is 35.9 Å². The van der Waals surface area contributed by atoms with Gasteiger partial charge < -0.3 is 10.6 Å². The number of carbonyl (C=O) groups is 2. The highest BCUT2D eigenvalue weighted by atomic mass is 16.2. The Morgan fingerprint density at radius 1 is 1.39 bits per heavy atom. The predicted octanol–water partition coefficient (Wildman–Crippen LogP) is 1.39. The first kappa shape index (κ1) is 12.6. The molecule has 96 valence electrons. The van der Waals surface area contributed by atoms with Crippen molar-refractivity contribution in [3.8, 4) is 0 Å². The van der Waals surface area contributed by atoms with E-state index in [0.29, 0.717) is 19.4 Å². The number of nitrogens with one attached hydrogen (secondary N) is 2. The van der Waals surface area contributed by atoms with Gasteiger partial charge >= 0.3 is 0 Å². The van der Waals surface area contributed by atoms with E-state index < -0.39 is 0 Å². The maximum absolute atomic E-state index is 12.0. The van der Waals surface area contributed by atoms with Crippen LogP contribution < -0.4 is 10.6 Å². The second-order valence-electron chi connectivity index (χ2n) is 4.68. The molecular weight excluding hydrogens is 228 g/mol. The zero-order valence-corrected chi connectivity index (χ0v) is 10.5. The van der Waals surface area contributed by atoms with Gasteiger partial charge in [0.25, 0.3) is 0 Å². The summed E-state index contributed by atoms with van der Waals surface area (Å²) in [5.41, 5.74) is 1.09. The lowest BCUT2D eigenvalue weighted by molar-refractivity contribution is -0.129. The molecule has 1 fully saturated rings. The van der Waals surface area contributed by atoms with Crippen molar-refractivity contribution in [2.24, 2.45) is 5.92 Å². The van der Waals surface area contributed by atoms with Gasteiger partial charge in [0, 0.05) is 13.0 Å². The number of amides is 2.